The van der Waals surface area contributed by atoms with E-state index in [2.05, 4.69) is 45.0 Å². The van der Waals surface area contributed by atoms with Gasteiger partial charge in [-0.15, -0.1) is 0 Å². The Bertz CT molecular complexity index is 359. The van der Waals surface area contributed by atoms with Crippen molar-refractivity contribution >= 4 is 0 Å². The molecule has 0 saturated carbocycles. The molecule has 1 unspecified atom stereocenters. The van der Waals surface area contributed by atoms with Crippen LogP contribution in [-0.2, 0) is 0 Å². The smallest absolute Gasteiger partial charge is 0.0124 e. The van der Waals surface area contributed by atoms with Gasteiger partial charge in [0.2, 0.25) is 0 Å². The third-order valence-electron chi connectivity index (χ3n) is 7.17. The molecule has 1 atom stereocenters. The number of hydrogen-bond donors (Lipinski definition) is 0. The molecule has 0 aliphatic carbocycles. The summed E-state index contributed by atoms with van der Waals surface area (Å²) in [5.41, 5.74) is 0. The quantitative estimate of drug-likeness (QED) is 0.0937. The Balaban J connectivity index is 3.39. The van der Waals surface area contributed by atoms with E-state index in [-0.39, 0.29) is 0 Å². The van der Waals surface area contributed by atoms with E-state index in [0.717, 1.165) is 6.04 Å². The molecule has 1 heteroatoms. The van der Waals surface area contributed by atoms with Gasteiger partial charge in [0.25, 0.3) is 0 Å². The van der Waals surface area contributed by atoms with Gasteiger partial charge in [-0.3, -0.25) is 0 Å². The zero-order chi connectivity index (χ0) is 23.5. The van der Waals surface area contributed by atoms with Gasteiger partial charge in [-0.25, -0.2) is 0 Å². The van der Waals surface area contributed by atoms with Gasteiger partial charge in [-0.05, 0) is 39.8 Å². The van der Waals surface area contributed by atoms with Crippen molar-refractivity contribution in [1.29, 1.82) is 0 Å². The number of hydrogen-bond acceptors (Lipinski definition) is 1. The molecule has 0 aromatic carbocycles. The number of unbranched alkanes of at least 4 members (excludes halogenated alkanes) is 20. The van der Waals surface area contributed by atoms with Crippen molar-refractivity contribution in [1.82, 2.24) is 4.90 Å². The van der Waals surface area contributed by atoms with Crippen molar-refractivity contribution < 1.29 is 0 Å². The second kappa shape index (κ2) is 26.9. The van der Waals surface area contributed by atoms with E-state index in [4.69, 9.17) is 0 Å². The number of nitrogens with zero attached hydrogens (tertiary/aromatic N) is 1. The van der Waals surface area contributed by atoms with Crippen LogP contribution >= 0.6 is 0 Å². The Morgan fingerprint density at radius 2 is 0.844 bits per heavy atom. The maximum absolute atomic E-state index is 2.45. The Hall–Kier alpha value is -0.300. The average molecular weight is 450 g/mol. The normalized spacial score (nSPS) is 12.9. The predicted molar refractivity (Wildman–Crippen MR) is 149 cm³/mol. The third-order valence-corrected chi connectivity index (χ3v) is 7.17. The Morgan fingerprint density at radius 3 is 1.25 bits per heavy atom. The largest absolute Gasteiger partial charge is 0.306 e. The molecule has 0 spiro atoms. The monoisotopic (exact) mass is 449 g/mol. The molecule has 0 aliphatic heterocycles. The standard InChI is InChI=1S/C31H63N/c1-5-7-9-11-13-14-15-16-17-18-19-20-21-22-24-26-28-30-31(32(3)4)29-27-25-23-12-10-8-6-2/h25,27,31H,5-24,26,28-30H2,1-4H3. The van der Waals surface area contributed by atoms with Crippen LogP contribution in [0.4, 0.5) is 0 Å². The summed E-state index contributed by atoms with van der Waals surface area (Å²) in [5.74, 6) is 0. The van der Waals surface area contributed by atoms with Gasteiger partial charge < -0.3 is 4.90 Å². The molecule has 0 fully saturated rings. The summed E-state index contributed by atoms with van der Waals surface area (Å²) in [6.07, 6.45) is 39.1. The van der Waals surface area contributed by atoms with Gasteiger partial charge >= 0.3 is 0 Å². The van der Waals surface area contributed by atoms with Crippen LogP contribution < -0.4 is 0 Å². The summed E-state index contributed by atoms with van der Waals surface area (Å²) in [7, 11) is 4.51. The van der Waals surface area contributed by atoms with E-state index in [9.17, 15) is 0 Å². The van der Waals surface area contributed by atoms with Crippen molar-refractivity contribution in [3.63, 3.8) is 0 Å². The molecule has 0 bridgehead atoms. The lowest BCUT2D eigenvalue weighted by Crippen LogP contribution is -2.27. The summed E-state index contributed by atoms with van der Waals surface area (Å²) in [4.78, 5) is 2.44. The lowest BCUT2D eigenvalue weighted by atomic mass is 10.0. The van der Waals surface area contributed by atoms with E-state index in [1.165, 1.54) is 154 Å². The molecular weight excluding hydrogens is 386 g/mol. The highest BCUT2D eigenvalue weighted by Gasteiger charge is 2.08. The minimum absolute atomic E-state index is 0.734. The van der Waals surface area contributed by atoms with Crippen LogP contribution in [0.3, 0.4) is 0 Å². The fourth-order valence-corrected chi connectivity index (χ4v) is 4.75. The van der Waals surface area contributed by atoms with Gasteiger partial charge in [0.15, 0.2) is 0 Å². The van der Waals surface area contributed by atoms with Crippen LogP contribution in [0.1, 0.15) is 168 Å². The van der Waals surface area contributed by atoms with Crippen molar-refractivity contribution in [3.8, 4) is 0 Å². The van der Waals surface area contributed by atoms with Crippen LogP contribution in [0.25, 0.3) is 0 Å². The summed E-state index contributed by atoms with van der Waals surface area (Å²) < 4.78 is 0. The van der Waals surface area contributed by atoms with Crippen LogP contribution in [-0.4, -0.2) is 25.0 Å². The predicted octanol–water partition coefficient (Wildman–Crippen LogP) is 10.9. The minimum Gasteiger partial charge on any atom is -0.306 e. The second-order valence-electron chi connectivity index (χ2n) is 10.6. The van der Waals surface area contributed by atoms with E-state index in [0.29, 0.717) is 0 Å². The molecule has 0 aromatic heterocycles. The first kappa shape index (κ1) is 31.7. The van der Waals surface area contributed by atoms with E-state index in [1.807, 2.05) is 0 Å². The van der Waals surface area contributed by atoms with Crippen molar-refractivity contribution in [2.45, 2.75) is 174 Å². The summed E-state index contributed by atoms with van der Waals surface area (Å²) in [6, 6.07) is 0.734. The Morgan fingerprint density at radius 1 is 0.469 bits per heavy atom. The molecule has 0 aromatic rings. The highest BCUT2D eigenvalue weighted by atomic mass is 15.1. The summed E-state index contributed by atoms with van der Waals surface area (Å²) >= 11 is 0. The fraction of sp³-hybridized carbons (Fsp3) is 0.935. The Labute approximate surface area is 205 Å². The van der Waals surface area contributed by atoms with Gasteiger partial charge in [-0.1, -0.05) is 154 Å². The maximum atomic E-state index is 2.45. The van der Waals surface area contributed by atoms with Crippen molar-refractivity contribution in [2.24, 2.45) is 0 Å². The minimum atomic E-state index is 0.734. The van der Waals surface area contributed by atoms with E-state index < -0.39 is 0 Å². The third kappa shape index (κ3) is 24.3. The van der Waals surface area contributed by atoms with E-state index in [1.54, 1.807) is 0 Å². The first-order chi connectivity index (χ1) is 15.7. The van der Waals surface area contributed by atoms with Crippen LogP contribution in [0, 0.1) is 0 Å². The molecular formula is C31H63N. The topological polar surface area (TPSA) is 3.24 Å². The van der Waals surface area contributed by atoms with E-state index >= 15 is 0 Å². The first-order valence-corrected chi connectivity index (χ1v) is 15.0. The highest BCUT2D eigenvalue weighted by Crippen LogP contribution is 2.16. The van der Waals surface area contributed by atoms with Crippen molar-refractivity contribution in [2.75, 3.05) is 14.1 Å². The SMILES string of the molecule is CCCCCCC=CCC(CCCCCCCCCCCCCCCCCCC)N(C)C. The molecule has 1 nitrogen and oxygen atoms in total. The summed E-state index contributed by atoms with van der Waals surface area (Å²) in [6.45, 7) is 4.59. The molecule has 0 aliphatic rings. The molecule has 0 saturated heterocycles. The molecule has 0 amide bonds. The van der Waals surface area contributed by atoms with Gasteiger partial charge in [-0.2, -0.15) is 0 Å². The average Bonchev–Trinajstić information content (AvgIpc) is 2.78. The zero-order valence-corrected chi connectivity index (χ0v) is 23.1. The second-order valence-corrected chi connectivity index (χ2v) is 10.6. The maximum Gasteiger partial charge on any atom is 0.0124 e. The highest BCUT2D eigenvalue weighted by molar-refractivity contribution is 4.86. The molecule has 32 heavy (non-hydrogen) atoms. The first-order valence-electron chi connectivity index (χ1n) is 15.0. The van der Waals surface area contributed by atoms with Gasteiger partial charge in [0.1, 0.15) is 0 Å². The van der Waals surface area contributed by atoms with Crippen LogP contribution in [0.15, 0.2) is 12.2 Å². The molecule has 0 rings (SSSR count). The molecule has 192 valence electrons. The number of allylic oxidation sites excluding steroid dienone is 1. The molecule has 0 heterocycles. The van der Waals surface area contributed by atoms with Crippen molar-refractivity contribution in [3.05, 3.63) is 12.2 Å². The Kier molecular flexibility index (Phi) is 26.7. The van der Waals surface area contributed by atoms with Gasteiger partial charge in [0.05, 0.1) is 0 Å². The van der Waals surface area contributed by atoms with Gasteiger partial charge in [0, 0.05) is 6.04 Å². The molecule has 0 radical (unpaired) electrons. The molecule has 0 N–H and O–H groups in total. The zero-order valence-electron chi connectivity index (χ0n) is 23.1. The lowest BCUT2D eigenvalue weighted by molar-refractivity contribution is 0.273. The van der Waals surface area contributed by atoms with Crippen LogP contribution in [0.5, 0.6) is 0 Å². The number of rotatable bonds is 26. The lowest BCUT2D eigenvalue weighted by Gasteiger charge is -2.23. The van der Waals surface area contributed by atoms with Crippen LogP contribution in [0.2, 0.25) is 0 Å². The fourth-order valence-electron chi connectivity index (χ4n) is 4.75. The summed E-state index contributed by atoms with van der Waals surface area (Å²) in [5, 5.41) is 0.